The van der Waals surface area contributed by atoms with Crippen LogP contribution in [0.2, 0.25) is 0 Å². The average molecular weight is 287 g/mol. The van der Waals surface area contributed by atoms with Crippen molar-refractivity contribution in [3.63, 3.8) is 0 Å². The average Bonchev–Trinajstić information content (AvgIpc) is 3.17. The van der Waals surface area contributed by atoms with E-state index in [-0.39, 0.29) is 5.91 Å². The van der Waals surface area contributed by atoms with Crippen LogP contribution in [0.15, 0.2) is 61.1 Å². The molecule has 0 bridgehead atoms. The number of imidazole rings is 1. The van der Waals surface area contributed by atoms with Crippen LogP contribution in [0.4, 0.5) is 5.69 Å². The molecule has 1 aliphatic heterocycles. The van der Waals surface area contributed by atoms with Gasteiger partial charge in [0.15, 0.2) is 0 Å². The van der Waals surface area contributed by atoms with E-state index in [4.69, 9.17) is 0 Å². The number of nitrogens with one attached hydrogen (secondary N) is 2. The Hall–Kier alpha value is -3.14. The van der Waals surface area contributed by atoms with Gasteiger partial charge in [0.2, 0.25) is 0 Å². The highest BCUT2D eigenvalue weighted by molar-refractivity contribution is 6.35. The zero-order valence-electron chi connectivity index (χ0n) is 11.7. The number of aromatic nitrogens is 2. The Bertz CT molecular complexity index is 865. The molecule has 4 rings (SSSR count). The number of aromatic amines is 1. The molecule has 22 heavy (non-hydrogen) atoms. The molecule has 3 aromatic rings. The van der Waals surface area contributed by atoms with Crippen molar-refractivity contribution in [2.45, 2.75) is 0 Å². The van der Waals surface area contributed by atoms with Gasteiger partial charge in [0, 0.05) is 11.3 Å². The van der Waals surface area contributed by atoms with Gasteiger partial charge in [-0.15, -0.1) is 0 Å². The summed E-state index contributed by atoms with van der Waals surface area (Å²) >= 11 is 0. The first-order valence-electron chi connectivity index (χ1n) is 7.02. The lowest BCUT2D eigenvalue weighted by Crippen LogP contribution is -2.03. The van der Waals surface area contributed by atoms with Crippen LogP contribution in [0.3, 0.4) is 0 Å². The highest BCUT2D eigenvalue weighted by Gasteiger charge is 2.24. The predicted molar refractivity (Wildman–Crippen MR) is 87.0 cm³/mol. The third-order valence-electron chi connectivity index (χ3n) is 3.73. The molecule has 1 amide bonds. The summed E-state index contributed by atoms with van der Waals surface area (Å²) < 4.78 is 0. The van der Waals surface area contributed by atoms with Crippen molar-refractivity contribution in [2.75, 3.05) is 5.32 Å². The summed E-state index contributed by atoms with van der Waals surface area (Å²) in [5, 5.41) is 2.93. The Kier molecular flexibility index (Phi) is 2.86. The van der Waals surface area contributed by atoms with Crippen LogP contribution in [-0.2, 0) is 4.79 Å². The van der Waals surface area contributed by atoms with Gasteiger partial charge in [-0.25, -0.2) is 4.98 Å². The molecule has 0 atom stereocenters. The molecule has 4 nitrogen and oxygen atoms in total. The second-order valence-electron chi connectivity index (χ2n) is 5.15. The second-order valence-corrected chi connectivity index (χ2v) is 5.15. The van der Waals surface area contributed by atoms with E-state index in [1.54, 1.807) is 12.5 Å². The number of rotatable bonds is 2. The number of hydrogen-bond donors (Lipinski definition) is 2. The Morgan fingerprint density at radius 1 is 1.00 bits per heavy atom. The Morgan fingerprint density at radius 3 is 2.64 bits per heavy atom. The minimum Gasteiger partial charge on any atom is -0.345 e. The van der Waals surface area contributed by atoms with Crippen LogP contribution in [0.5, 0.6) is 0 Å². The first kappa shape index (κ1) is 12.6. The van der Waals surface area contributed by atoms with E-state index in [0.717, 1.165) is 28.1 Å². The number of nitrogens with zero attached hydrogens (tertiary/aromatic N) is 1. The molecule has 4 heteroatoms. The van der Waals surface area contributed by atoms with E-state index in [0.29, 0.717) is 5.57 Å². The quantitative estimate of drug-likeness (QED) is 0.708. The molecule has 1 aliphatic rings. The van der Waals surface area contributed by atoms with E-state index in [9.17, 15) is 4.79 Å². The summed E-state index contributed by atoms with van der Waals surface area (Å²) in [5.41, 5.74) is 5.44. The maximum atomic E-state index is 12.2. The topological polar surface area (TPSA) is 57.8 Å². The maximum Gasteiger partial charge on any atom is 0.256 e. The predicted octanol–water partition coefficient (Wildman–Crippen LogP) is 3.57. The van der Waals surface area contributed by atoms with Crippen molar-refractivity contribution < 1.29 is 4.79 Å². The first-order valence-corrected chi connectivity index (χ1v) is 7.02. The SMILES string of the molecule is O=C1Nc2cc(-c3ccccc3)ccc2/C1=C/c1cnc[nH]1. The summed E-state index contributed by atoms with van der Waals surface area (Å²) in [4.78, 5) is 19.1. The molecule has 0 saturated carbocycles. The van der Waals surface area contributed by atoms with Gasteiger partial charge in [0.05, 0.1) is 23.8 Å². The fourth-order valence-corrected chi connectivity index (χ4v) is 2.65. The molecule has 106 valence electrons. The highest BCUT2D eigenvalue weighted by atomic mass is 16.2. The molecule has 0 aliphatic carbocycles. The van der Waals surface area contributed by atoms with Gasteiger partial charge >= 0.3 is 0 Å². The summed E-state index contributed by atoms with van der Waals surface area (Å²) in [5.74, 6) is -0.0881. The van der Waals surface area contributed by atoms with E-state index < -0.39 is 0 Å². The summed E-state index contributed by atoms with van der Waals surface area (Å²) in [6.45, 7) is 0. The van der Waals surface area contributed by atoms with Gasteiger partial charge in [-0.3, -0.25) is 4.79 Å². The first-order chi connectivity index (χ1) is 10.8. The number of carbonyl (C=O) groups is 1. The number of carbonyl (C=O) groups excluding carboxylic acids is 1. The number of fused-ring (bicyclic) bond motifs is 1. The molecule has 2 heterocycles. The van der Waals surface area contributed by atoms with Crippen LogP contribution < -0.4 is 5.32 Å². The molecule has 0 unspecified atom stereocenters. The van der Waals surface area contributed by atoms with Crippen molar-refractivity contribution >= 4 is 23.2 Å². The number of anilines is 1. The highest BCUT2D eigenvalue weighted by Crippen LogP contribution is 2.35. The van der Waals surface area contributed by atoms with Crippen molar-refractivity contribution in [3.8, 4) is 11.1 Å². The summed E-state index contributed by atoms with van der Waals surface area (Å²) in [7, 11) is 0. The van der Waals surface area contributed by atoms with Gasteiger partial charge < -0.3 is 10.3 Å². The molecule has 2 aromatic carbocycles. The smallest absolute Gasteiger partial charge is 0.256 e. The summed E-state index contributed by atoms with van der Waals surface area (Å²) in [6.07, 6.45) is 5.10. The molecule has 0 fully saturated rings. The maximum absolute atomic E-state index is 12.2. The Labute approximate surface area is 127 Å². The lowest BCUT2D eigenvalue weighted by atomic mass is 10.0. The molecule has 0 spiro atoms. The van der Waals surface area contributed by atoms with Gasteiger partial charge in [-0.1, -0.05) is 42.5 Å². The number of hydrogen-bond acceptors (Lipinski definition) is 2. The number of H-pyrrole nitrogens is 1. The minimum atomic E-state index is -0.0881. The lowest BCUT2D eigenvalue weighted by molar-refractivity contribution is -0.110. The minimum absolute atomic E-state index is 0.0881. The van der Waals surface area contributed by atoms with Gasteiger partial charge in [0.1, 0.15) is 0 Å². The number of amides is 1. The Balaban J connectivity index is 1.78. The van der Waals surface area contributed by atoms with Gasteiger partial charge in [-0.05, 0) is 23.3 Å². The normalized spacial score (nSPS) is 14.9. The van der Waals surface area contributed by atoms with Crippen molar-refractivity contribution in [1.82, 2.24) is 9.97 Å². The zero-order valence-corrected chi connectivity index (χ0v) is 11.7. The van der Waals surface area contributed by atoms with Crippen LogP contribution in [0.1, 0.15) is 11.3 Å². The van der Waals surface area contributed by atoms with E-state index in [2.05, 4.69) is 27.4 Å². The third kappa shape index (κ3) is 2.11. The molecular weight excluding hydrogens is 274 g/mol. The molecule has 0 radical (unpaired) electrons. The van der Waals surface area contributed by atoms with Gasteiger partial charge in [-0.2, -0.15) is 0 Å². The van der Waals surface area contributed by atoms with Crippen molar-refractivity contribution in [1.29, 1.82) is 0 Å². The zero-order chi connectivity index (χ0) is 14.9. The Morgan fingerprint density at radius 2 is 1.86 bits per heavy atom. The van der Waals surface area contributed by atoms with Crippen molar-refractivity contribution in [2.24, 2.45) is 0 Å². The largest absolute Gasteiger partial charge is 0.345 e. The standard InChI is InChI=1S/C18H13N3O/c22-18-16(9-14-10-19-11-20-14)15-7-6-13(8-17(15)21-18)12-4-2-1-3-5-12/h1-11H,(H,19,20)(H,21,22)/b16-9-. The second kappa shape index (κ2) is 5.00. The molecular formula is C18H13N3O. The molecule has 1 aromatic heterocycles. The summed E-state index contributed by atoms with van der Waals surface area (Å²) in [6, 6.07) is 16.1. The third-order valence-corrected chi connectivity index (χ3v) is 3.73. The van der Waals surface area contributed by atoms with E-state index >= 15 is 0 Å². The fourth-order valence-electron chi connectivity index (χ4n) is 2.65. The van der Waals surface area contributed by atoms with Crippen LogP contribution in [-0.4, -0.2) is 15.9 Å². The van der Waals surface area contributed by atoms with E-state index in [1.165, 1.54) is 0 Å². The molecule has 2 N–H and O–H groups in total. The monoisotopic (exact) mass is 287 g/mol. The molecule has 0 saturated heterocycles. The fraction of sp³-hybridized carbons (Fsp3) is 0. The van der Waals surface area contributed by atoms with Gasteiger partial charge in [0.25, 0.3) is 5.91 Å². The van der Waals surface area contributed by atoms with Crippen LogP contribution >= 0.6 is 0 Å². The number of benzene rings is 2. The van der Waals surface area contributed by atoms with E-state index in [1.807, 2.05) is 42.5 Å². The lowest BCUT2D eigenvalue weighted by Gasteiger charge is -2.04. The van der Waals surface area contributed by atoms with Crippen molar-refractivity contribution in [3.05, 3.63) is 72.3 Å². The van der Waals surface area contributed by atoms with Crippen LogP contribution in [0, 0.1) is 0 Å². The van der Waals surface area contributed by atoms with Crippen LogP contribution in [0.25, 0.3) is 22.8 Å².